The second-order valence-corrected chi connectivity index (χ2v) is 6.03. The van der Waals surface area contributed by atoms with E-state index in [2.05, 4.69) is 4.90 Å². The minimum Gasteiger partial charge on any atom is -0.342 e. The summed E-state index contributed by atoms with van der Waals surface area (Å²) in [6, 6.07) is 7.81. The molecule has 0 unspecified atom stereocenters. The summed E-state index contributed by atoms with van der Waals surface area (Å²) in [5.41, 5.74) is 1.14. The number of hydrogen-bond acceptors (Lipinski definition) is 2. The van der Waals surface area contributed by atoms with Crippen molar-refractivity contribution in [1.82, 2.24) is 9.80 Å². The fourth-order valence-corrected chi connectivity index (χ4v) is 2.87. The molecule has 0 radical (unpaired) electrons. The van der Waals surface area contributed by atoms with Crippen LogP contribution < -0.4 is 0 Å². The summed E-state index contributed by atoms with van der Waals surface area (Å²) >= 11 is 5.98. The highest BCUT2D eigenvalue weighted by Gasteiger charge is 2.16. The fraction of sp³-hybridized carbons (Fsp3) is 0.562. The third-order valence-electron chi connectivity index (χ3n) is 3.71. The van der Waals surface area contributed by atoms with Gasteiger partial charge in [-0.2, -0.15) is 0 Å². The van der Waals surface area contributed by atoms with E-state index in [0.717, 1.165) is 43.1 Å². The van der Waals surface area contributed by atoms with Gasteiger partial charge >= 0.3 is 0 Å². The number of halogens is 1. The number of hydrogen-bond donors (Lipinski definition) is 0. The first kappa shape index (κ1) is 15.3. The number of benzene rings is 1. The molecule has 1 amide bonds. The molecule has 3 nitrogen and oxygen atoms in total. The van der Waals surface area contributed by atoms with Crippen molar-refractivity contribution in [2.45, 2.75) is 32.2 Å². The van der Waals surface area contributed by atoms with Crippen molar-refractivity contribution in [2.24, 2.45) is 0 Å². The lowest BCUT2D eigenvalue weighted by atomic mass is 10.2. The first-order valence-electron chi connectivity index (χ1n) is 7.36. The lowest BCUT2D eigenvalue weighted by Crippen LogP contribution is -2.39. The molecule has 4 heteroatoms. The maximum absolute atomic E-state index is 12.3. The second-order valence-electron chi connectivity index (χ2n) is 5.60. The van der Waals surface area contributed by atoms with Gasteiger partial charge in [-0.05, 0) is 37.6 Å². The van der Waals surface area contributed by atoms with Crippen LogP contribution in [0.2, 0.25) is 5.02 Å². The molecular formula is C16H23ClN2O. The van der Waals surface area contributed by atoms with Gasteiger partial charge in [0.05, 0.1) is 6.54 Å². The number of nitrogens with zero attached hydrogens (tertiary/aromatic N) is 2. The van der Waals surface area contributed by atoms with Crippen molar-refractivity contribution in [2.75, 3.05) is 26.7 Å². The summed E-state index contributed by atoms with van der Waals surface area (Å²) in [7, 11) is 1.98. The number of amides is 1. The average molecular weight is 295 g/mol. The Bertz CT molecular complexity index is 442. The first-order valence-corrected chi connectivity index (χ1v) is 7.74. The van der Waals surface area contributed by atoms with Gasteiger partial charge < -0.3 is 4.90 Å². The average Bonchev–Trinajstić information content (AvgIpc) is 2.67. The molecule has 0 saturated carbocycles. The molecule has 1 saturated heterocycles. The van der Waals surface area contributed by atoms with Crippen molar-refractivity contribution in [3.8, 4) is 0 Å². The largest absolute Gasteiger partial charge is 0.342 e. The summed E-state index contributed by atoms with van der Waals surface area (Å²) in [5, 5.41) is 0.745. The lowest BCUT2D eigenvalue weighted by Gasteiger charge is -2.24. The van der Waals surface area contributed by atoms with Gasteiger partial charge in [0.1, 0.15) is 0 Å². The third kappa shape index (κ3) is 4.80. The van der Waals surface area contributed by atoms with E-state index in [1.807, 2.05) is 36.2 Å². The van der Waals surface area contributed by atoms with Crippen LogP contribution in [0.15, 0.2) is 24.3 Å². The molecule has 1 aromatic carbocycles. The Labute approximate surface area is 126 Å². The van der Waals surface area contributed by atoms with Crippen molar-refractivity contribution in [1.29, 1.82) is 0 Å². The topological polar surface area (TPSA) is 23.6 Å². The van der Waals surface area contributed by atoms with Gasteiger partial charge in [0.15, 0.2) is 0 Å². The van der Waals surface area contributed by atoms with E-state index in [1.165, 1.54) is 12.8 Å². The maximum Gasteiger partial charge on any atom is 0.236 e. The Morgan fingerprint density at radius 1 is 1.25 bits per heavy atom. The molecule has 1 fully saturated rings. The molecule has 0 spiro atoms. The van der Waals surface area contributed by atoms with Crippen molar-refractivity contribution < 1.29 is 4.79 Å². The monoisotopic (exact) mass is 294 g/mol. The molecule has 0 N–H and O–H groups in total. The molecule has 2 rings (SSSR count). The Balaban J connectivity index is 1.84. The van der Waals surface area contributed by atoms with Crippen LogP contribution in [0.3, 0.4) is 0 Å². The van der Waals surface area contributed by atoms with Crippen LogP contribution in [0.4, 0.5) is 0 Å². The number of carbonyl (C=O) groups is 1. The highest BCUT2D eigenvalue weighted by atomic mass is 35.5. The summed E-state index contributed by atoms with van der Waals surface area (Å²) in [6.07, 6.45) is 4.79. The minimum absolute atomic E-state index is 0.247. The molecule has 1 aliphatic heterocycles. The molecule has 1 heterocycles. The highest BCUT2D eigenvalue weighted by Crippen LogP contribution is 2.13. The first-order chi connectivity index (χ1) is 9.65. The highest BCUT2D eigenvalue weighted by molar-refractivity contribution is 6.30. The second kappa shape index (κ2) is 7.65. The molecule has 0 aromatic heterocycles. The van der Waals surface area contributed by atoms with E-state index >= 15 is 0 Å². The Morgan fingerprint density at radius 2 is 1.95 bits per heavy atom. The van der Waals surface area contributed by atoms with E-state index in [0.29, 0.717) is 6.54 Å². The zero-order valence-electron chi connectivity index (χ0n) is 12.1. The molecule has 110 valence electrons. The summed E-state index contributed by atoms with van der Waals surface area (Å²) in [4.78, 5) is 16.3. The number of carbonyl (C=O) groups excluding carboxylic acids is 1. The summed E-state index contributed by atoms with van der Waals surface area (Å²) < 4.78 is 0. The normalized spacial score (nSPS) is 16.2. The summed E-state index contributed by atoms with van der Waals surface area (Å²) in [6.45, 7) is 3.07. The van der Waals surface area contributed by atoms with Crippen LogP contribution >= 0.6 is 11.6 Å². The quantitative estimate of drug-likeness (QED) is 0.851. The van der Waals surface area contributed by atoms with Gasteiger partial charge in [-0.25, -0.2) is 0 Å². The lowest BCUT2D eigenvalue weighted by molar-refractivity contribution is -0.132. The Hall–Kier alpha value is -1.06. The van der Waals surface area contributed by atoms with Gasteiger partial charge in [0, 0.05) is 24.7 Å². The van der Waals surface area contributed by atoms with E-state index < -0.39 is 0 Å². The minimum atomic E-state index is 0.247. The van der Waals surface area contributed by atoms with Crippen LogP contribution in [-0.4, -0.2) is 42.4 Å². The van der Waals surface area contributed by atoms with Crippen molar-refractivity contribution in [3.05, 3.63) is 34.9 Å². The van der Waals surface area contributed by atoms with E-state index in [-0.39, 0.29) is 5.91 Å². The molecule has 0 bridgehead atoms. The van der Waals surface area contributed by atoms with Crippen molar-refractivity contribution in [3.63, 3.8) is 0 Å². The van der Waals surface area contributed by atoms with E-state index in [9.17, 15) is 4.79 Å². The molecule has 20 heavy (non-hydrogen) atoms. The molecule has 0 aliphatic carbocycles. The van der Waals surface area contributed by atoms with E-state index in [1.54, 1.807) is 0 Å². The van der Waals surface area contributed by atoms with Gasteiger partial charge in [0.2, 0.25) is 5.91 Å². The van der Waals surface area contributed by atoms with Crippen LogP contribution in [0.1, 0.15) is 31.2 Å². The fourth-order valence-electron chi connectivity index (χ4n) is 2.65. The van der Waals surface area contributed by atoms with Crippen LogP contribution in [0.5, 0.6) is 0 Å². The number of likely N-dealkylation sites (N-methyl/N-ethyl adjacent to an activating group) is 1. The smallest absolute Gasteiger partial charge is 0.236 e. The third-order valence-corrected chi connectivity index (χ3v) is 3.94. The standard InChI is InChI=1S/C16H23ClN2O/c1-18(12-14-7-6-8-15(17)11-14)13-16(20)19-9-4-2-3-5-10-19/h6-8,11H,2-5,9-10,12-13H2,1H3. The molecular weight excluding hydrogens is 272 g/mol. The molecule has 0 atom stereocenters. The molecule has 1 aromatic rings. The predicted octanol–water partition coefficient (Wildman–Crippen LogP) is 3.17. The van der Waals surface area contributed by atoms with Gasteiger partial charge in [-0.1, -0.05) is 36.6 Å². The zero-order chi connectivity index (χ0) is 14.4. The van der Waals surface area contributed by atoms with Gasteiger partial charge in [-0.3, -0.25) is 9.69 Å². The Morgan fingerprint density at radius 3 is 2.60 bits per heavy atom. The molecule has 1 aliphatic rings. The predicted molar refractivity (Wildman–Crippen MR) is 82.8 cm³/mol. The Kier molecular flexibility index (Phi) is 5.86. The summed E-state index contributed by atoms with van der Waals surface area (Å²) in [5.74, 6) is 0.247. The number of rotatable bonds is 4. The van der Waals surface area contributed by atoms with Crippen LogP contribution in [0, 0.1) is 0 Å². The van der Waals surface area contributed by atoms with Crippen LogP contribution in [0.25, 0.3) is 0 Å². The van der Waals surface area contributed by atoms with Crippen LogP contribution in [-0.2, 0) is 11.3 Å². The maximum atomic E-state index is 12.3. The SMILES string of the molecule is CN(CC(=O)N1CCCCCC1)Cc1cccc(Cl)c1. The van der Waals surface area contributed by atoms with Gasteiger partial charge in [-0.15, -0.1) is 0 Å². The van der Waals surface area contributed by atoms with E-state index in [4.69, 9.17) is 11.6 Å². The zero-order valence-corrected chi connectivity index (χ0v) is 12.9. The number of likely N-dealkylation sites (tertiary alicyclic amines) is 1. The van der Waals surface area contributed by atoms with Crippen molar-refractivity contribution >= 4 is 17.5 Å². The van der Waals surface area contributed by atoms with Gasteiger partial charge in [0.25, 0.3) is 0 Å².